The van der Waals surface area contributed by atoms with Gasteiger partial charge >= 0.3 is 178 Å². The molecule has 2 aliphatic carbocycles. The van der Waals surface area contributed by atoms with Crippen molar-refractivity contribution in [3.63, 3.8) is 0 Å². The number of carbonyl (C=O) groups is 2. The molecule has 0 saturated heterocycles. The van der Waals surface area contributed by atoms with Crippen molar-refractivity contribution in [2.45, 2.75) is 36.9 Å². The van der Waals surface area contributed by atoms with Crippen molar-refractivity contribution in [2.75, 3.05) is 14.2 Å². The third-order valence-electron chi connectivity index (χ3n) is 6.71. The molecule has 5 heteroatoms. The van der Waals surface area contributed by atoms with E-state index in [4.69, 9.17) is 9.47 Å². The van der Waals surface area contributed by atoms with Gasteiger partial charge in [-0.2, -0.15) is 0 Å². The molecule has 0 spiro atoms. The Morgan fingerprint density at radius 1 is 1.10 bits per heavy atom. The van der Waals surface area contributed by atoms with Gasteiger partial charge in [-0.15, -0.1) is 0 Å². The Bertz CT molecular complexity index is 953. The fourth-order valence-electron chi connectivity index (χ4n) is 5.16. The van der Waals surface area contributed by atoms with Crippen LogP contribution in [0.25, 0.3) is 0 Å². The van der Waals surface area contributed by atoms with Gasteiger partial charge < -0.3 is 0 Å². The second-order valence-corrected chi connectivity index (χ2v) is 11.1. The molecule has 29 heavy (non-hydrogen) atoms. The second kappa shape index (κ2) is 7.30. The van der Waals surface area contributed by atoms with Gasteiger partial charge in [-0.05, 0) is 0 Å². The van der Waals surface area contributed by atoms with E-state index < -0.39 is 16.8 Å². The van der Waals surface area contributed by atoms with E-state index >= 15 is 0 Å². The Hall–Kier alpha value is -2.10. The maximum absolute atomic E-state index is 13.7. The molecule has 2 bridgehead atoms. The molecule has 152 valence electrons. The van der Waals surface area contributed by atoms with Crippen LogP contribution in [0.2, 0.25) is 4.82 Å². The van der Waals surface area contributed by atoms with Gasteiger partial charge in [-0.1, -0.05) is 0 Å². The molecule has 0 radical (unpaired) electrons. The average Bonchev–Trinajstić information content (AvgIpc) is 2.72. The van der Waals surface area contributed by atoms with E-state index in [0.29, 0.717) is 6.42 Å². The van der Waals surface area contributed by atoms with Crippen LogP contribution in [0.4, 0.5) is 0 Å². The molecule has 0 aliphatic heterocycles. The number of Topliss-reactive ketones (excluding diaryl/α,β-unsaturated/α-hetero) is 1. The summed E-state index contributed by atoms with van der Waals surface area (Å²) in [5, 5.41) is 0. The van der Waals surface area contributed by atoms with E-state index in [9.17, 15) is 9.59 Å². The number of esters is 1. The van der Waals surface area contributed by atoms with E-state index in [-0.39, 0.29) is 31.5 Å². The molecule has 2 aromatic carbocycles. The van der Waals surface area contributed by atoms with Crippen LogP contribution in [0.15, 0.2) is 48.5 Å². The molecule has 0 aromatic heterocycles. The zero-order chi connectivity index (χ0) is 20.8. The van der Waals surface area contributed by atoms with E-state index in [1.807, 2.05) is 24.3 Å². The van der Waals surface area contributed by atoms with Crippen LogP contribution in [-0.4, -0.2) is 40.9 Å². The fraction of sp³-hybridized carbons (Fsp3) is 0.417. The van der Waals surface area contributed by atoms with Crippen molar-refractivity contribution in [1.82, 2.24) is 0 Å². The third kappa shape index (κ3) is 2.86. The summed E-state index contributed by atoms with van der Waals surface area (Å²) in [7, 11) is 3.02. The predicted molar refractivity (Wildman–Crippen MR) is 113 cm³/mol. The maximum atomic E-state index is 13.7. The van der Waals surface area contributed by atoms with Gasteiger partial charge in [-0.3, -0.25) is 0 Å². The SMILES string of the molecule is COC(=O)[C@]12C(=O)[C@H](Cc3cc(OC)ccc31)C[C@@H]([Se]c1ccccc1)C2(C)C. The Kier molecular flexibility index (Phi) is 5.08. The minimum absolute atomic E-state index is 0.0205. The molecular weight excluding hydrogens is 431 g/mol. The molecule has 2 aromatic rings. The van der Waals surface area contributed by atoms with Crippen LogP contribution in [-0.2, 0) is 26.2 Å². The minimum atomic E-state index is -1.27. The Balaban J connectivity index is 1.90. The number of benzene rings is 2. The topological polar surface area (TPSA) is 52.6 Å². The monoisotopic (exact) mass is 458 g/mol. The number of methoxy groups -OCH3 is 2. The third-order valence-corrected chi connectivity index (χ3v) is 10.1. The molecular formula is C24H26O4Se. The first-order valence-electron chi connectivity index (χ1n) is 9.88. The van der Waals surface area contributed by atoms with Gasteiger partial charge in [0.05, 0.1) is 0 Å². The fourth-order valence-corrected chi connectivity index (χ4v) is 8.19. The normalized spacial score (nSPS) is 27.1. The molecule has 1 fully saturated rings. The van der Waals surface area contributed by atoms with E-state index in [2.05, 4.69) is 38.1 Å². The summed E-state index contributed by atoms with van der Waals surface area (Å²) in [4.78, 5) is 27.4. The number of carbonyl (C=O) groups excluding carboxylic acids is 2. The first-order valence-corrected chi connectivity index (χ1v) is 11.7. The van der Waals surface area contributed by atoms with Crippen LogP contribution in [0.5, 0.6) is 5.75 Å². The summed E-state index contributed by atoms with van der Waals surface area (Å²) in [6, 6.07) is 16.1. The van der Waals surface area contributed by atoms with E-state index in [1.54, 1.807) is 7.11 Å². The number of ketones is 1. The van der Waals surface area contributed by atoms with Crippen molar-refractivity contribution < 1.29 is 19.1 Å². The zero-order valence-corrected chi connectivity index (χ0v) is 18.9. The molecule has 3 atom stereocenters. The quantitative estimate of drug-likeness (QED) is 0.402. The summed E-state index contributed by atoms with van der Waals surface area (Å²) in [6.45, 7) is 4.15. The summed E-state index contributed by atoms with van der Waals surface area (Å²) in [5.74, 6) is 0.167. The molecule has 4 nitrogen and oxygen atoms in total. The zero-order valence-electron chi connectivity index (χ0n) is 17.2. The van der Waals surface area contributed by atoms with E-state index in [0.717, 1.165) is 23.3 Å². The Morgan fingerprint density at radius 3 is 2.48 bits per heavy atom. The second-order valence-electron chi connectivity index (χ2n) is 8.41. The van der Waals surface area contributed by atoms with Crippen molar-refractivity contribution in [1.29, 1.82) is 0 Å². The van der Waals surface area contributed by atoms with Gasteiger partial charge in [-0.25, -0.2) is 0 Å². The summed E-state index contributed by atoms with van der Waals surface area (Å²) >= 11 is 0.146. The Morgan fingerprint density at radius 2 is 1.83 bits per heavy atom. The molecule has 0 unspecified atom stereocenters. The van der Waals surface area contributed by atoms with Crippen molar-refractivity contribution >= 4 is 31.2 Å². The first-order chi connectivity index (χ1) is 13.9. The first kappa shape index (κ1) is 20.2. The van der Waals surface area contributed by atoms with Gasteiger partial charge in [0.1, 0.15) is 0 Å². The number of fused-ring (bicyclic) bond motifs is 4. The van der Waals surface area contributed by atoms with Crippen LogP contribution < -0.4 is 9.20 Å². The van der Waals surface area contributed by atoms with Crippen LogP contribution >= 0.6 is 0 Å². The van der Waals surface area contributed by atoms with Gasteiger partial charge in [0.15, 0.2) is 0 Å². The number of hydrogen-bond donors (Lipinski definition) is 0. The van der Waals surface area contributed by atoms with Crippen molar-refractivity contribution in [2.24, 2.45) is 11.3 Å². The molecule has 1 saturated carbocycles. The summed E-state index contributed by atoms with van der Waals surface area (Å²) in [6.07, 6.45) is 1.46. The molecule has 2 aliphatic rings. The number of rotatable bonds is 4. The number of ether oxygens (including phenoxy) is 2. The average molecular weight is 457 g/mol. The van der Waals surface area contributed by atoms with Crippen molar-refractivity contribution in [3.05, 3.63) is 59.7 Å². The van der Waals surface area contributed by atoms with Crippen LogP contribution in [0.1, 0.15) is 31.4 Å². The van der Waals surface area contributed by atoms with Gasteiger partial charge in [0.2, 0.25) is 0 Å². The summed E-state index contributed by atoms with van der Waals surface area (Å²) < 4.78 is 12.0. The van der Waals surface area contributed by atoms with E-state index in [1.165, 1.54) is 11.6 Å². The molecule has 0 amide bonds. The predicted octanol–water partition coefficient (Wildman–Crippen LogP) is 3.10. The molecule has 0 N–H and O–H groups in total. The molecule has 0 heterocycles. The van der Waals surface area contributed by atoms with Gasteiger partial charge in [0, 0.05) is 0 Å². The van der Waals surface area contributed by atoms with Crippen LogP contribution in [0.3, 0.4) is 0 Å². The number of hydrogen-bond acceptors (Lipinski definition) is 4. The molecule has 4 rings (SSSR count). The standard InChI is InChI=1S/C24H26O4Se/c1-23(2)20(29-18-8-6-5-7-9-18)14-16-12-15-13-17(27-3)10-11-19(15)24(23,21(16)25)22(26)28-4/h5-11,13,16,20H,12,14H2,1-4H3/t16-,20-,24-/m1/s1. The summed E-state index contributed by atoms with van der Waals surface area (Å²) in [5.41, 5.74) is -0.0121. The van der Waals surface area contributed by atoms with Crippen molar-refractivity contribution in [3.8, 4) is 5.75 Å². The Labute approximate surface area is 178 Å². The van der Waals surface area contributed by atoms with Crippen LogP contribution in [0, 0.1) is 11.3 Å². The van der Waals surface area contributed by atoms with Gasteiger partial charge in [0.25, 0.3) is 0 Å².